The van der Waals surface area contributed by atoms with Crippen LogP contribution in [0.5, 0.6) is 0 Å². The van der Waals surface area contributed by atoms with Gasteiger partial charge in [-0.15, -0.1) is 10.2 Å². The van der Waals surface area contributed by atoms with E-state index in [1.807, 2.05) is 0 Å². The van der Waals surface area contributed by atoms with Crippen molar-refractivity contribution in [2.75, 3.05) is 0 Å². The summed E-state index contributed by atoms with van der Waals surface area (Å²) in [6.07, 6.45) is -2.18. The molecule has 0 unspecified atom stereocenters. The minimum atomic E-state index is -4.22. The molecular formula is C15H17F3N6O. The van der Waals surface area contributed by atoms with Crippen LogP contribution in [-0.4, -0.2) is 37.0 Å². The Morgan fingerprint density at radius 3 is 2.84 bits per heavy atom. The SMILES string of the molecule is O=C(NCc1nnc2n1CC[C@H](C(F)(F)F)C2)c1cc(C2CC2)[nH]n1. The zero-order valence-corrected chi connectivity index (χ0v) is 13.3. The maximum Gasteiger partial charge on any atom is 0.392 e. The minimum absolute atomic E-state index is 0.000396. The third kappa shape index (κ3) is 3.24. The van der Waals surface area contributed by atoms with Crippen molar-refractivity contribution in [2.45, 2.75) is 50.9 Å². The van der Waals surface area contributed by atoms with Crippen LogP contribution in [0.1, 0.15) is 53.0 Å². The summed E-state index contributed by atoms with van der Waals surface area (Å²) in [6, 6.07) is 1.74. The average molecular weight is 354 g/mol. The van der Waals surface area contributed by atoms with Crippen LogP contribution >= 0.6 is 0 Å². The van der Waals surface area contributed by atoms with E-state index in [-0.39, 0.29) is 31.8 Å². The predicted octanol–water partition coefficient (Wildman–Crippen LogP) is 1.93. The lowest BCUT2D eigenvalue weighted by Gasteiger charge is -2.25. The lowest BCUT2D eigenvalue weighted by molar-refractivity contribution is -0.179. The van der Waals surface area contributed by atoms with E-state index in [0.29, 0.717) is 23.3 Å². The van der Waals surface area contributed by atoms with Crippen molar-refractivity contribution in [3.63, 3.8) is 0 Å². The van der Waals surface area contributed by atoms with E-state index in [1.165, 1.54) is 0 Å². The summed E-state index contributed by atoms with van der Waals surface area (Å²) in [7, 11) is 0. The van der Waals surface area contributed by atoms with E-state index < -0.39 is 12.1 Å². The van der Waals surface area contributed by atoms with Gasteiger partial charge in [-0.25, -0.2) is 0 Å². The Kier molecular flexibility index (Phi) is 3.77. The minimum Gasteiger partial charge on any atom is -0.343 e. The number of amides is 1. The van der Waals surface area contributed by atoms with E-state index in [1.54, 1.807) is 10.6 Å². The Labute approximate surface area is 141 Å². The van der Waals surface area contributed by atoms with Crippen LogP contribution in [0.15, 0.2) is 6.07 Å². The number of rotatable bonds is 4. The first-order valence-electron chi connectivity index (χ1n) is 8.23. The topological polar surface area (TPSA) is 88.5 Å². The van der Waals surface area contributed by atoms with Crippen LogP contribution in [0.25, 0.3) is 0 Å². The molecular weight excluding hydrogens is 337 g/mol. The molecule has 0 saturated heterocycles. The standard InChI is InChI=1S/C15H17F3N6O/c16-15(17,18)9-3-4-24-12(5-9)22-23-13(24)7-19-14(25)11-6-10(20-21-11)8-1-2-8/h6,8-9H,1-5,7H2,(H,19,25)(H,20,21)/t9-/m0/s1. The largest absolute Gasteiger partial charge is 0.392 e. The molecule has 1 amide bonds. The number of nitrogens with one attached hydrogen (secondary N) is 2. The number of carbonyl (C=O) groups excluding carboxylic acids is 1. The zero-order valence-electron chi connectivity index (χ0n) is 13.3. The highest BCUT2D eigenvalue weighted by Gasteiger charge is 2.42. The van der Waals surface area contributed by atoms with Gasteiger partial charge in [-0.2, -0.15) is 18.3 Å². The van der Waals surface area contributed by atoms with Gasteiger partial charge in [0.25, 0.3) is 5.91 Å². The third-order valence-corrected chi connectivity index (χ3v) is 4.75. The van der Waals surface area contributed by atoms with Crippen LogP contribution in [0.3, 0.4) is 0 Å². The molecule has 3 heterocycles. The molecule has 2 aliphatic rings. The number of fused-ring (bicyclic) bond motifs is 1. The van der Waals surface area contributed by atoms with Crippen LogP contribution < -0.4 is 5.32 Å². The van der Waals surface area contributed by atoms with Crippen molar-refractivity contribution in [1.82, 2.24) is 30.3 Å². The Balaban J connectivity index is 1.39. The molecule has 0 aromatic carbocycles. The molecule has 10 heteroatoms. The number of hydrogen-bond donors (Lipinski definition) is 2. The van der Waals surface area contributed by atoms with Crippen LogP contribution in [-0.2, 0) is 19.5 Å². The summed E-state index contributed by atoms with van der Waals surface area (Å²) in [5.74, 6) is -0.476. The zero-order chi connectivity index (χ0) is 17.6. The first kappa shape index (κ1) is 16.1. The van der Waals surface area contributed by atoms with Crippen LogP contribution in [0, 0.1) is 5.92 Å². The van der Waals surface area contributed by atoms with Gasteiger partial charge in [0.15, 0.2) is 5.82 Å². The summed E-state index contributed by atoms with van der Waals surface area (Å²) >= 11 is 0. The monoisotopic (exact) mass is 354 g/mol. The van der Waals surface area contributed by atoms with E-state index in [9.17, 15) is 18.0 Å². The van der Waals surface area contributed by atoms with Crippen molar-refractivity contribution in [3.05, 3.63) is 29.1 Å². The van der Waals surface area contributed by atoms with Crippen molar-refractivity contribution in [1.29, 1.82) is 0 Å². The normalized spacial score (nSPS) is 20.4. The molecule has 0 bridgehead atoms. The van der Waals surface area contributed by atoms with Crippen molar-refractivity contribution < 1.29 is 18.0 Å². The van der Waals surface area contributed by atoms with Gasteiger partial charge in [-0.1, -0.05) is 0 Å². The molecule has 2 N–H and O–H groups in total. The lowest BCUT2D eigenvalue weighted by atomic mass is 9.97. The van der Waals surface area contributed by atoms with Gasteiger partial charge in [0.2, 0.25) is 0 Å². The maximum absolute atomic E-state index is 12.8. The maximum atomic E-state index is 12.8. The summed E-state index contributed by atoms with van der Waals surface area (Å²) in [4.78, 5) is 12.1. The molecule has 7 nitrogen and oxygen atoms in total. The second-order valence-electron chi connectivity index (χ2n) is 6.58. The number of carbonyl (C=O) groups is 1. The quantitative estimate of drug-likeness (QED) is 0.878. The highest BCUT2D eigenvalue weighted by Crippen LogP contribution is 2.39. The smallest absolute Gasteiger partial charge is 0.343 e. The summed E-state index contributed by atoms with van der Waals surface area (Å²) in [5.41, 5.74) is 1.26. The molecule has 2 aromatic rings. The van der Waals surface area contributed by atoms with Gasteiger partial charge in [0, 0.05) is 24.6 Å². The van der Waals surface area contributed by atoms with Crippen LogP contribution in [0.2, 0.25) is 0 Å². The van der Waals surface area contributed by atoms with Gasteiger partial charge in [-0.3, -0.25) is 9.89 Å². The molecule has 134 valence electrons. The Morgan fingerprint density at radius 2 is 2.12 bits per heavy atom. The molecule has 4 rings (SSSR count). The number of aromatic amines is 1. The molecule has 1 aliphatic heterocycles. The first-order chi connectivity index (χ1) is 11.9. The first-order valence-corrected chi connectivity index (χ1v) is 8.23. The van der Waals surface area contributed by atoms with E-state index in [2.05, 4.69) is 25.7 Å². The number of aromatic nitrogens is 5. The second-order valence-corrected chi connectivity index (χ2v) is 6.58. The summed E-state index contributed by atoms with van der Waals surface area (Å²) in [5, 5.41) is 17.3. The summed E-state index contributed by atoms with van der Waals surface area (Å²) in [6.45, 7) is 0.306. The molecule has 0 spiro atoms. The molecule has 0 radical (unpaired) electrons. The average Bonchev–Trinajstić information content (AvgIpc) is 3.16. The molecule has 1 atom stereocenters. The number of alkyl halides is 3. The van der Waals surface area contributed by atoms with Gasteiger partial charge in [0.1, 0.15) is 11.5 Å². The molecule has 1 fully saturated rings. The molecule has 2 aromatic heterocycles. The fourth-order valence-electron chi connectivity index (χ4n) is 3.11. The Hall–Kier alpha value is -2.39. The number of halogens is 3. The van der Waals surface area contributed by atoms with Crippen molar-refractivity contribution in [3.8, 4) is 0 Å². The third-order valence-electron chi connectivity index (χ3n) is 4.75. The lowest BCUT2D eigenvalue weighted by Crippen LogP contribution is -2.32. The Bertz CT molecular complexity index is 792. The van der Waals surface area contributed by atoms with Gasteiger partial charge >= 0.3 is 6.18 Å². The fraction of sp³-hybridized carbons (Fsp3) is 0.600. The highest BCUT2D eigenvalue weighted by molar-refractivity contribution is 5.92. The fourth-order valence-corrected chi connectivity index (χ4v) is 3.11. The number of H-pyrrole nitrogens is 1. The number of hydrogen-bond acceptors (Lipinski definition) is 4. The van der Waals surface area contributed by atoms with Gasteiger partial charge in [0.05, 0.1) is 12.5 Å². The van der Waals surface area contributed by atoms with Gasteiger partial charge in [-0.05, 0) is 25.3 Å². The molecule has 25 heavy (non-hydrogen) atoms. The van der Waals surface area contributed by atoms with E-state index in [4.69, 9.17) is 0 Å². The summed E-state index contributed by atoms with van der Waals surface area (Å²) < 4.78 is 40.1. The van der Waals surface area contributed by atoms with E-state index >= 15 is 0 Å². The predicted molar refractivity (Wildman–Crippen MR) is 79.6 cm³/mol. The van der Waals surface area contributed by atoms with Gasteiger partial charge < -0.3 is 9.88 Å². The van der Waals surface area contributed by atoms with Crippen molar-refractivity contribution >= 4 is 5.91 Å². The molecule has 1 aliphatic carbocycles. The Morgan fingerprint density at radius 1 is 1.32 bits per heavy atom. The van der Waals surface area contributed by atoms with Crippen molar-refractivity contribution in [2.24, 2.45) is 5.92 Å². The highest BCUT2D eigenvalue weighted by atomic mass is 19.4. The van der Waals surface area contributed by atoms with Crippen LogP contribution in [0.4, 0.5) is 13.2 Å². The second kappa shape index (κ2) is 5.85. The number of nitrogens with zero attached hydrogens (tertiary/aromatic N) is 4. The molecule has 1 saturated carbocycles. The van der Waals surface area contributed by atoms with E-state index in [0.717, 1.165) is 18.5 Å².